The summed E-state index contributed by atoms with van der Waals surface area (Å²) < 4.78 is 49.0. The molecule has 2 aromatic rings. The molecular weight excluding hydrogens is 396 g/mol. The minimum atomic E-state index is -4.49. The van der Waals surface area contributed by atoms with Crippen LogP contribution in [0.4, 0.5) is 13.2 Å². The molecule has 1 heterocycles. The number of carbonyl (C=O) groups is 1. The van der Waals surface area contributed by atoms with E-state index in [1.807, 2.05) is 0 Å². The van der Waals surface area contributed by atoms with Gasteiger partial charge in [0, 0.05) is 5.92 Å². The molecule has 10 heteroatoms. The molecule has 1 aliphatic rings. The van der Waals surface area contributed by atoms with E-state index in [1.54, 1.807) is 0 Å². The number of ether oxygens (including phenoxy) is 2. The minimum Gasteiger partial charge on any atom is -0.493 e. The van der Waals surface area contributed by atoms with Crippen LogP contribution in [0.3, 0.4) is 0 Å². The zero-order valence-corrected chi connectivity index (χ0v) is 14.9. The molecule has 0 amide bonds. The summed E-state index contributed by atoms with van der Waals surface area (Å²) in [5, 5.41) is 3.99. The summed E-state index contributed by atoms with van der Waals surface area (Å²) in [6.07, 6.45) is -2.68. The third kappa shape index (κ3) is 3.91. The van der Waals surface area contributed by atoms with E-state index < -0.39 is 22.0 Å². The quantitative estimate of drug-likeness (QED) is 0.548. The molecule has 0 bridgehead atoms. The second-order valence-corrected chi connectivity index (χ2v) is 7.34. The summed E-state index contributed by atoms with van der Waals surface area (Å²) in [5.74, 6) is -0.860. The highest BCUT2D eigenvalue weighted by atomic mass is 35.5. The van der Waals surface area contributed by atoms with Crippen molar-refractivity contribution in [3.63, 3.8) is 0 Å². The van der Waals surface area contributed by atoms with Gasteiger partial charge in [0.15, 0.2) is 5.75 Å². The number of hydrogen-bond donors (Lipinski definition) is 0. The van der Waals surface area contributed by atoms with Gasteiger partial charge in [0.05, 0.1) is 31.2 Å². The minimum absolute atomic E-state index is 0.0193. The van der Waals surface area contributed by atoms with Crippen molar-refractivity contribution < 1.29 is 27.4 Å². The normalized spacial score (nSPS) is 18.5. The lowest BCUT2D eigenvalue weighted by atomic mass is 10.2. The molecule has 1 aromatic carbocycles. The zero-order valence-electron chi connectivity index (χ0n) is 13.4. The number of aromatic nitrogens is 2. The molecule has 1 aromatic heterocycles. The monoisotopic (exact) mass is 408 g/mol. The third-order valence-corrected chi connectivity index (χ3v) is 4.83. The zero-order chi connectivity index (χ0) is 19.1. The number of methoxy groups -OCH3 is 1. The van der Waals surface area contributed by atoms with Gasteiger partial charge in [-0.15, -0.1) is 23.2 Å². The largest absolute Gasteiger partial charge is 0.493 e. The molecule has 1 saturated carbocycles. The van der Waals surface area contributed by atoms with Gasteiger partial charge in [0.1, 0.15) is 4.33 Å². The second-order valence-electron chi connectivity index (χ2n) is 5.80. The van der Waals surface area contributed by atoms with E-state index in [1.165, 1.54) is 25.4 Å². The van der Waals surface area contributed by atoms with Crippen molar-refractivity contribution in [3.05, 3.63) is 41.7 Å². The van der Waals surface area contributed by atoms with Gasteiger partial charge in [-0.05, 0) is 24.6 Å². The molecule has 0 N–H and O–H groups in total. The number of rotatable bonds is 5. The highest BCUT2D eigenvalue weighted by molar-refractivity contribution is 6.50. The fourth-order valence-corrected chi connectivity index (χ4v) is 2.80. The highest BCUT2D eigenvalue weighted by Gasteiger charge is 2.52. The average Bonchev–Trinajstić information content (AvgIpc) is 3.00. The topological polar surface area (TPSA) is 53.4 Å². The van der Waals surface area contributed by atoms with Crippen LogP contribution in [0, 0.1) is 5.92 Å². The molecule has 0 aliphatic heterocycles. The molecular formula is C16H13Cl2F3N2O3. The maximum absolute atomic E-state index is 12.9. The van der Waals surface area contributed by atoms with Crippen LogP contribution in [0.25, 0.3) is 5.69 Å². The number of alkyl halides is 5. The van der Waals surface area contributed by atoms with Crippen LogP contribution in [-0.2, 0) is 10.9 Å². The van der Waals surface area contributed by atoms with Crippen molar-refractivity contribution in [1.82, 2.24) is 9.78 Å². The van der Waals surface area contributed by atoms with Gasteiger partial charge >= 0.3 is 12.1 Å². The molecule has 1 unspecified atom stereocenters. The van der Waals surface area contributed by atoms with E-state index >= 15 is 0 Å². The van der Waals surface area contributed by atoms with Crippen LogP contribution >= 0.6 is 23.2 Å². The van der Waals surface area contributed by atoms with E-state index in [0.29, 0.717) is 6.42 Å². The SMILES string of the molecule is COc1cn(-c2cccc(C(F)(F)F)c2)nc1C(=O)OCC1CC1(Cl)Cl. The van der Waals surface area contributed by atoms with E-state index in [9.17, 15) is 18.0 Å². The molecule has 0 radical (unpaired) electrons. The van der Waals surface area contributed by atoms with Crippen molar-refractivity contribution in [2.75, 3.05) is 13.7 Å². The van der Waals surface area contributed by atoms with Crippen molar-refractivity contribution in [2.45, 2.75) is 16.9 Å². The van der Waals surface area contributed by atoms with Gasteiger partial charge in [-0.3, -0.25) is 0 Å². The van der Waals surface area contributed by atoms with Gasteiger partial charge in [0.25, 0.3) is 0 Å². The van der Waals surface area contributed by atoms with E-state index in [2.05, 4.69) is 5.10 Å². The molecule has 5 nitrogen and oxygen atoms in total. The molecule has 0 spiro atoms. The van der Waals surface area contributed by atoms with Crippen LogP contribution in [0.1, 0.15) is 22.5 Å². The summed E-state index contributed by atoms with van der Waals surface area (Å²) in [5.41, 5.74) is -0.858. The number of esters is 1. The summed E-state index contributed by atoms with van der Waals surface area (Å²) in [7, 11) is 1.31. The lowest BCUT2D eigenvalue weighted by Gasteiger charge is -2.08. The Balaban J connectivity index is 1.81. The van der Waals surface area contributed by atoms with Gasteiger partial charge in [-0.25, -0.2) is 9.48 Å². The summed E-state index contributed by atoms with van der Waals surface area (Å²) in [6, 6.07) is 4.54. The van der Waals surface area contributed by atoms with Gasteiger partial charge < -0.3 is 9.47 Å². The lowest BCUT2D eigenvalue weighted by Crippen LogP contribution is -2.12. The van der Waals surface area contributed by atoms with Gasteiger partial charge in [-0.1, -0.05) is 6.07 Å². The Morgan fingerprint density at radius 1 is 1.42 bits per heavy atom. The Hall–Kier alpha value is -1.93. The highest BCUT2D eigenvalue weighted by Crippen LogP contribution is 2.53. The fraction of sp³-hybridized carbons (Fsp3) is 0.375. The average molecular weight is 409 g/mol. The van der Waals surface area contributed by atoms with E-state index in [4.69, 9.17) is 32.7 Å². The molecule has 1 atom stereocenters. The van der Waals surface area contributed by atoms with Crippen LogP contribution in [0.2, 0.25) is 0 Å². The summed E-state index contributed by atoms with van der Waals surface area (Å²) in [6.45, 7) is 0.0193. The first kappa shape index (κ1) is 18.8. The third-order valence-electron chi connectivity index (χ3n) is 3.90. The van der Waals surface area contributed by atoms with Crippen LogP contribution in [0.5, 0.6) is 5.75 Å². The summed E-state index contributed by atoms with van der Waals surface area (Å²) in [4.78, 5) is 12.2. The molecule has 1 fully saturated rings. The number of halogens is 5. The van der Waals surface area contributed by atoms with Crippen molar-refractivity contribution in [2.24, 2.45) is 5.92 Å². The number of benzene rings is 1. The van der Waals surface area contributed by atoms with E-state index in [-0.39, 0.29) is 29.7 Å². The first-order valence-electron chi connectivity index (χ1n) is 7.48. The molecule has 0 saturated heterocycles. The smallest absolute Gasteiger partial charge is 0.416 e. The molecule has 140 valence electrons. The Morgan fingerprint density at radius 3 is 2.69 bits per heavy atom. The predicted octanol–water partition coefficient (Wildman–Crippen LogP) is 4.25. The molecule has 1 aliphatic carbocycles. The first-order valence-corrected chi connectivity index (χ1v) is 8.23. The van der Waals surface area contributed by atoms with Crippen LogP contribution in [-0.4, -0.2) is 33.8 Å². The van der Waals surface area contributed by atoms with E-state index in [0.717, 1.165) is 16.8 Å². The first-order chi connectivity index (χ1) is 12.1. The van der Waals surface area contributed by atoms with Gasteiger partial charge in [0.2, 0.25) is 5.69 Å². The number of carbonyl (C=O) groups excluding carboxylic acids is 1. The van der Waals surface area contributed by atoms with Gasteiger partial charge in [-0.2, -0.15) is 18.3 Å². The summed E-state index contributed by atoms with van der Waals surface area (Å²) >= 11 is 11.7. The Morgan fingerprint density at radius 2 is 2.12 bits per heavy atom. The van der Waals surface area contributed by atoms with Crippen LogP contribution in [0.15, 0.2) is 30.5 Å². The van der Waals surface area contributed by atoms with Crippen molar-refractivity contribution in [1.29, 1.82) is 0 Å². The second kappa shape index (κ2) is 6.66. The maximum atomic E-state index is 12.9. The Kier molecular flexibility index (Phi) is 4.83. The number of nitrogens with zero attached hydrogens (tertiary/aromatic N) is 2. The van der Waals surface area contributed by atoms with Crippen molar-refractivity contribution in [3.8, 4) is 11.4 Å². The van der Waals surface area contributed by atoms with Crippen LogP contribution < -0.4 is 4.74 Å². The molecule has 26 heavy (non-hydrogen) atoms. The molecule has 3 rings (SSSR count). The maximum Gasteiger partial charge on any atom is 0.416 e. The standard InChI is InChI=1S/C16H13Cl2F3N2O3/c1-25-12-7-23(11-4-2-3-9(5-11)16(19,20)21)22-13(12)14(24)26-8-10-6-15(10,17)18/h2-5,7,10H,6,8H2,1H3. The fourth-order valence-electron chi connectivity index (χ4n) is 2.30. The number of hydrogen-bond acceptors (Lipinski definition) is 4. The van der Waals surface area contributed by atoms with Crippen molar-refractivity contribution >= 4 is 29.2 Å². The predicted molar refractivity (Wildman–Crippen MR) is 87.9 cm³/mol. The lowest BCUT2D eigenvalue weighted by molar-refractivity contribution is -0.137. The Labute approximate surface area is 156 Å². The Bertz CT molecular complexity index is 836.